The zero-order chi connectivity index (χ0) is 19.2. The molecule has 1 atom stereocenters. The summed E-state index contributed by atoms with van der Waals surface area (Å²) in [5.74, 6) is 6.68. The molecule has 0 saturated carbocycles. The van der Waals surface area contributed by atoms with Gasteiger partial charge in [0.2, 0.25) is 0 Å². The molecule has 1 aromatic carbocycles. The predicted molar refractivity (Wildman–Crippen MR) is 100 cm³/mol. The summed E-state index contributed by atoms with van der Waals surface area (Å²) < 4.78 is 24.9. The van der Waals surface area contributed by atoms with Crippen molar-refractivity contribution in [2.75, 3.05) is 6.61 Å². The minimum absolute atomic E-state index is 0.131. The monoisotopic (exact) mass is 368 g/mol. The fourth-order valence-corrected chi connectivity index (χ4v) is 3.47. The zero-order valence-corrected chi connectivity index (χ0v) is 15.6. The van der Waals surface area contributed by atoms with Crippen LogP contribution >= 0.6 is 0 Å². The van der Waals surface area contributed by atoms with Gasteiger partial charge in [0, 0.05) is 22.3 Å². The lowest BCUT2D eigenvalue weighted by Gasteiger charge is -2.34. The number of benzene rings is 1. The molecule has 0 spiro atoms. The quantitative estimate of drug-likeness (QED) is 0.775. The van der Waals surface area contributed by atoms with E-state index < -0.39 is 5.60 Å². The third-order valence-corrected chi connectivity index (χ3v) is 5.07. The molecule has 0 amide bonds. The third-order valence-electron chi connectivity index (χ3n) is 5.07. The SMILES string of the molecule is CC1(OF)C#CC(O)=C(C2=Cc3ccc4c(c3OC2)CCC(C)(C)O4)C=C1. The minimum atomic E-state index is -1.38. The Labute approximate surface area is 157 Å². The molecule has 0 fully saturated rings. The van der Waals surface area contributed by atoms with Crippen molar-refractivity contribution < 1.29 is 24.0 Å². The summed E-state index contributed by atoms with van der Waals surface area (Å²) in [6, 6.07) is 3.91. The summed E-state index contributed by atoms with van der Waals surface area (Å²) in [4.78, 5) is 3.92. The minimum Gasteiger partial charge on any atom is -0.500 e. The van der Waals surface area contributed by atoms with Crippen LogP contribution in [0.1, 0.15) is 38.3 Å². The molecule has 1 N–H and O–H groups in total. The van der Waals surface area contributed by atoms with Gasteiger partial charge in [0.1, 0.15) is 23.7 Å². The topological polar surface area (TPSA) is 47.9 Å². The highest BCUT2D eigenvalue weighted by Gasteiger charge is 2.31. The van der Waals surface area contributed by atoms with Gasteiger partial charge in [0.25, 0.3) is 0 Å². The lowest BCUT2D eigenvalue weighted by Crippen LogP contribution is -2.33. The number of rotatable bonds is 2. The van der Waals surface area contributed by atoms with E-state index in [-0.39, 0.29) is 18.0 Å². The van der Waals surface area contributed by atoms with Crippen LogP contribution in [0.4, 0.5) is 4.53 Å². The van der Waals surface area contributed by atoms with Crippen molar-refractivity contribution >= 4 is 6.08 Å². The maximum Gasteiger partial charge on any atom is 0.185 e. The summed E-state index contributed by atoms with van der Waals surface area (Å²) >= 11 is 0. The van der Waals surface area contributed by atoms with Crippen molar-refractivity contribution in [1.82, 2.24) is 0 Å². The van der Waals surface area contributed by atoms with Gasteiger partial charge in [-0.05, 0) is 68.3 Å². The standard InChI is InChI=1S/C22H21FO4/c1-21(2)9-6-17-19(26-21)5-4-14-12-15(13-25-20(14)17)16-7-10-22(3,27-23)11-8-18(16)24/h4-5,7,10,12,24H,6,9,13H2,1-3H3. The normalized spacial score (nSPS) is 25.1. The lowest BCUT2D eigenvalue weighted by atomic mass is 9.90. The van der Waals surface area contributed by atoms with E-state index in [1.54, 1.807) is 6.08 Å². The summed E-state index contributed by atoms with van der Waals surface area (Å²) in [6.07, 6.45) is 6.86. The van der Waals surface area contributed by atoms with Gasteiger partial charge in [0.05, 0.1) is 0 Å². The molecule has 1 unspecified atom stereocenters. The second-order valence-corrected chi connectivity index (χ2v) is 7.81. The molecule has 2 aliphatic heterocycles. The molecule has 0 saturated heterocycles. The average Bonchev–Trinajstić information content (AvgIpc) is 2.80. The summed E-state index contributed by atoms with van der Waals surface area (Å²) in [5.41, 5.74) is 1.72. The van der Waals surface area contributed by atoms with E-state index >= 15 is 0 Å². The van der Waals surface area contributed by atoms with Gasteiger partial charge >= 0.3 is 0 Å². The highest BCUT2D eigenvalue weighted by molar-refractivity contribution is 5.72. The summed E-state index contributed by atoms with van der Waals surface area (Å²) in [5, 5.41) is 10.3. The fraction of sp³-hybridized carbons (Fsp3) is 0.364. The predicted octanol–water partition coefficient (Wildman–Crippen LogP) is 4.61. The van der Waals surface area contributed by atoms with E-state index in [0.717, 1.165) is 41.0 Å². The van der Waals surface area contributed by atoms with Gasteiger partial charge < -0.3 is 14.6 Å². The smallest absolute Gasteiger partial charge is 0.185 e. The molecule has 140 valence electrons. The Bertz CT molecular complexity index is 959. The van der Waals surface area contributed by atoms with Gasteiger partial charge in [-0.25, -0.2) is 0 Å². The van der Waals surface area contributed by atoms with Gasteiger partial charge in [-0.2, -0.15) is 4.94 Å². The van der Waals surface area contributed by atoms with Crippen LogP contribution in [0.2, 0.25) is 0 Å². The van der Waals surface area contributed by atoms with Gasteiger partial charge in [-0.1, -0.05) is 12.0 Å². The molecule has 0 radical (unpaired) electrons. The Balaban J connectivity index is 1.71. The highest BCUT2D eigenvalue weighted by atomic mass is 19.3. The van der Waals surface area contributed by atoms with Gasteiger partial charge in [-0.3, -0.25) is 0 Å². The van der Waals surface area contributed by atoms with E-state index in [4.69, 9.17) is 9.47 Å². The number of aliphatic hydroxyl groups is 1. The largest absolute Gasteiger partial charge is 0.500 e. The lowest BCUT2D eigenvalue weighted by molar-refractivity contribution is -0.185. The average molecular weight is 368 g/mol. The van der Waals surface area contributed by atoms with E-state index in [2.05, 4.69) is 30.6 Å². The molecule has 0 aromatic heterocycles. The Hall–Kier alpha value is -2.71. The number of fused-ring (bicyclic) bond motifs is 3. The van der Waals surface area contributed by atoms with Crippen LogP contribution in [0.25, 0.3) is 6.08 Å². The van der Waals surface area contributed by atoms with Crippen LogP contribution in [0, 0.1) is 11.8 Å². The molecular weight excluding hydrogens is 347 g/mol. The van der Waals surface area contributed by atoms with Crippen molar-refractivity contribution in [1.29, 1.82) is 0 Å². The molecule has 0 bridgehead atoms. The molecule has 2 heterocycles. The number of allylic oxidation sites excluding steroid dienone is 2. The van der Waals surface area contributed by atoms with Crippen molar-refractivity contribution in [3.8, 4) is 23.3 Å². The van der Waals surface area contributed by atoms with Crippen molar-refractivity contribution in [2.45, 2.75) is 44.8 Å². The summed E-state index contributed by atoms with van der Waals surface area (Å²) in [6.45, 7) is 5.93. The second-order valence-electron chi connectivity index (χ2n) is 7.81. The second kappa shape index (κ2) is 6.17. The number of aliphatic hydroxyl groups excluding tert-OH is 1. The van der Waals surface area contributed by atoms with Crippen LogP contribution in [-0.2, 0) is 11.4 Å². The third kappa shape index (κ3) is 3.22. The summed E-state index contributed by atoms with van der Waals surface area (Å²) in [7, 11) is 0. The molecule has 3 aliphatic rings. The van der Waals surface area contributed by atoms with Gasteiger partial charge in [-0.15, -0.1) is 0 Å². The number of ether oxygens (including phenoxy) is 2. The van der Waals surface area contributed by atoms with Crippen LogP contribution in [0.3, 0.4) is 0 Å². The number of hydrogen-bond donors (Lipinski definition) is 1. The highest BCUT2D eigenvalue weighted by Crippen LogP contribution is 2.43. The van der Waals surface area contributed by atoms with E-state index in [0.29, 0.717) is 5.57 Å². The van der Waals surface area contributed by atoms with Crippen LogP contribution in [0.15, 0.2) is 41.2 Å². The van der Waals surface area contributed by atoms with Crippen molar-refractivity contribution in [3.63, 3.8) is 0 Å². The maximum absolute atomic E-state index is 12.7. The van der Waals surface area contributed by atoms with Gasteiger partial charge in [0.15, 0.2) is 11.4 Å². The number of hydrogen-bond acceptors (Lipinski definition) is 4. The molecule has 1 aromatic rings. The van der Waals surface area contributed by atoms with Crippen LogP contribution < -0.4 is 9.47 Å². The maximum atomic E-state index is 12.7. The first-order chi connectivity index (χ1) is 12.8. The Morgan fingerprint density at radius 1 is 1.26 bits per heavy atom. The van der Waals surface area contributed by atoms with E-state index in [9.17, 15) is 9.63 Å². The van der Waals surface area contributed by atoms with Crippen LogP contribution in [-0.4, -0.2) is 22.9 Å². The van der Waals surface area contributed by atoms with E-state index in [1.165, 1.54) is 13.0 Å². The Morgan fingerprint density at radius 3 is 2.85 bits per heavy atom. The molecule has 5 heteroatoms. The zero-order valence-electron chi connectivity index (χ0n) is 15.6. The molecule has 27 heavy (non-hydrogen) atoms. The Kier molecular flexibility index (Phi) is 4.05. The fourth-order valence-electron chi connectivity index (χ4n) is 3.47. The molecule has 4 rings (SSSR count). The molecular formula is C22H21FO4. The Morgan fingerprint density at radius 2 is 2.07 bits per heavy atom. The number of halogens is 1. The van der Waals surface area contributed by atoms with Crippen LogP contribution in [0.5, 0.6) is 11.5 Å². The first-order valence-corrected chi connectivity index (χ1v) is 8.94. The first kappa shape index (κ1) is 17.7. The van der Waals surface area contributed by atoms with Crippen molar-refractivity contribution in [2.24, 2.45) is 0 Å². The molecule has 4 nitrogen and oxygen atoms in total. The van der Waals surface area contributed by atoms with Crippen molar-refractivity contribution in [3.05, 3.63) is 52.3 Å². The van der Waals surface area contributed by atoms with E-state index in [1.807, 2.05) is 18.2 Å². The first-order valence-electron chi connectivity index (χ1n) is 8.94. The molecule has 1 aliphatic carbocycles.